The number of fused-ring (bicyclic) bond motifs is 1. The van der Waals surface area contributed by atoms with Crippen molar-refractivity contribution in [2.75, 3.05) is 0 Å². The van der Waals surface area contributed by atoms with E-state index in [0.717, 1.165) is 6.54 Å². The van der Waals surface area contributed by atoms with Gasteiger partial charge < -0.3 is 9.67 Å². The van der Waals surface area contributed by atoms with Crippen molar-refractivity contribution in [3.05, 3.63) is 53.6 Å². The number of carboxylic acid groups (broad SMARTS) is 1. The van der Waals surface area contributed by atoms with E-state index in [2.05, 4.69) is 23.2 Å². The maximum Gasteiger partial charge on any atom is 0.307 e. The van der Waals surface area contributed by atoms with Crippen LogP contribution in [0.5, 0.6) is 0 Å². The van der Waals surface area contributed by atoms with Gasteiger partial charge in [-0.2, -0.15) is 0 Å². The van der Waals surface area contributed by atoms with E-state index >= 15 is 0 Å². The number of imidazole rings is 1. The van der Waals surface area contributed by atoms with Crippen molar-refractivity contribution in [3.8, 4) is 0 Å². The van der Waals surface area contributed by atoms with Crippen molar-refractivity contribution in [1.29, 1.82) is 0 Å². The molecule has 1 aliphatic rings. The highest BCUT2D eigenvalue weighted by Crippen LogP contribution is 2.28. The van der Waals surface area contributed by atoms with Crippen LogP contribution in [-0.4, -0.2) is 20.6 Å². The topological polar surface area (TPSA) is 55.1 Å². The number of hydrogen-bond donors (Lipinski definition) is 1. The smallest absolute Gasteiger partial charge is 0.307 e. The average Bonchev–Trinajstić information content (AvgIpc) is 2.96. The second-order valence-corrected chi connectivity index (χ2v) is 4.78. The van der Waals surface area contributed by atoms with Crippen molar-refractivity contribution in [1.82, 2.24) is 9.55 Å². The molecule has 4 heteroatoms. The minimum Gasteiger partial charge on any atom is -0.481 e. The average molecular weight is 242 g/mol. The summed E-state index contributed by atoms with van der Waals surface area (Å²) in [5.74, 6) is -0.939. The third-order valence-corrected chi connectivity index (χ3v) is 3.48. The molecule has 0 spiro atoms. The molecule has 0 aliphatic heterocycles. The van der Waals surface area contributed by atoms with Crippen molar-refractivity contribution in [2.24, 2.45) is 5.92 Å². The van der Waals surface area contributed by atoms with Crippen molar-refractivity contribution in [2.45, 2.75) is 19.4 Å². The van der Waals surface area contributed by atoms with Gasteiger partial charge in [0.25, 0.3) is 0 Å². The second-order valence-electron chi connectivity index (χ2n) is 4.78. The maximum atomic E-state index is 11.0. The number of aliphatic carboxylic acids is 1. The lowest BCUT2D eigenvalue weighted by atomic mass is 10.1. The van der Waals surface area contributed by atoms with Crippen LogP contribution in [0, 0.1) is 5.92 Å². The molecule has 0 fully saturated rings. The lowest BCUT2D eigenvalue weighted by Crippen LogP contribution is -2.12. The molecule has 92 valence electrons. The van der Waals surface area contributed by atoms with Gasteiger partial charge in [0.05, 0.1) is 12.2 Å². The molecule has 0 radical (unpaired) electrons. The first-order valence-electron chi connectivity index (χ1n) is 6.01. The van der Waals surface area contributed by atoms with E-state index in [4.69, 9.17) is 5.11 Å². The summed E-state index contributed by atoms with van der Waals surface area (Å²) < 4.78 is 2.01. The van der Waals surface area contributed by atoms with E-state index in [9.17, 15) is 4.79 Å². The Morgan fingerprint density at radius 2 is 2.22 bits per heavy atom. The molecule has 3 rings (SSSR count). The number of benzene rings is 1. The minimum atomic E-state index is -0.692. The predicted molar refractivity (Wildman–Crippen MR) is 66.3 cm³/mol. The molecule has 1 N–H and O–H groups in total. The summed E-state index contributed by atoms with van der Waals surface area (Å²) in [6.07, 6.45) is 6.78. The summed E-state index contributed by atoms with van der Waals surface area (Å²) in [6, 6.07) is 6.26. The van der Waals surface area contributed by atoms with E-state index in [-0.39, 0.29) is 5.92 Å². The Morgan fingerprint density at radius 3 is 2.94 bits per heavy atom. The Bertz CT molecular complexity index is 575. The van der Waals surface area contributed by atoms with Gasteiger partial charge in [0.15, 0.2) is 0 Å². The van der Waals surface area contributed by atoms with Gasteiger partial charge in [0, 0.05) is 18.9 Å². The number of carboxylic acids is 1. The molecule has 0 amide bonds. The highest BCUT2D eigenvalue weighted by Gasteiger charge is 2.26. The Balaban J connectivity index is 1.81. The van der Waals surface area contributed by atoms with Crippen LogP contribution >= 0.6 is 0 Å². The first-order valence-corrected chi connectivity index (χ1v) is 6.01. The zero-order valence-electron chi connectivity index (χ0n) is 9.91. The Kier molecular flexibility index (Phi) is 2.63. The summed E-state index contributed by atoms with van der Waals surface area (Å²) in [5.41, 5.74) is 3.55. The lowest BCUT2D eigenvalue weighted by molar-refractivity contribution is -0.141. The molecule has 1 atom stereocenters. The molecule has 18 heavy (non-hydrogen) atoms. The fourth-order valence-electron chi connectivity index (χ4n) is 2.54. The molecule has 4 nitrogen and oxygen atoms in total. The normalized spacial score (nSPS) is 17.7. The van der Waals surface area contributed by atoms with Crippen LogP contribution in [0.1, 0.15) is 16.7 Å². The monoisotopic (exact) mass is 242 g/mol. The Labute approximate surface area is 105 Å². The number of aromatic nitrogens is 2. The molecular formula is C14H14N2O2. The minimum absolute atomic E-state index is 0.247. The molecule has 1 heterocycles. The van der Waals surface area contributed by atoms with Crippen LogP contribution in [0.2, 0.25) is 0 Å². The largest absolute Gasteiger partial charge is 0.481 e. The quantitative estimate of drug-likeness (QED) is 0.891. The molecule has 2 aromatic rings. The van der Waals surface area contributed by atoms with Gasteiger partial charge in [-0.1, -0.05) is 18.2 Å². The van der Waals surface area contributed by atoms with Gasteiger partial charge >= 0.3 is 5.97 Å². The highest BCUT2D eigenvalue weighted by molar-refractivity contribution is 5.72. The number of carbonyl (C=O) groups is 1. The first kappa shape index (κ1) is 11.0. The van der Waals surface area contributed by atoms with Gasteiger partial charge in [-0.25, -0.2) is 4.98 Å². The summed E-state index contributed by atoms with van der Waals surface area (Å²) >= 11 is 0. The molecule has 0 bridgehead atoms. The van der Waals surface area contributed by atoms with Crippen LogP contribution < -0.4 is 0 Å². The molecule has 1 aromatic carbocycles. The first-order chi connectivity index (χ1) is 8.72. The standard InChI is InChI=1S/C14H14N2O2/c17-14(18)13-6-11-2-1-10(5-12(11)7-13)8-16-4-3-15-9-16/h1-5,9,13H,6-8H2,(H,17,18)/t13-/m0/s1. The van der Waals surface area contributed by atoms with Crippen LogP contribution in [0.25, 0.3) is 0 Å². The number of hydrogen-bond acceptors (Lipinski definition) is 2. The number of nitrogens with zero attached hydrogens (tertiary/aromatic N) is 2. The number of rotatable bonds is 3. The maximum absolute atomic E-state index is 11.0. The third-order valence-electron chi connectivity index (χ3n) is 3.48. The van der Waals surface area contributed by atoms with E-state index < -0.39 is 5.97 Å². The fraction of sp³-hybridized carbons (Fsp3) is 0.286. The zero-order chi connectivity index (χ0) is 12.5. The van der Waals surface area contributed by atoms with Gasteiger partial charge in [0.2, 0.25) is 0 Å². The van der Waals surface area contributed by atoms with Crippen LogP contribution in [0.3, 0.4) is 0 Å². The summed E-state index contributed by atoms with van der Waals surface area (Å²) in [4.78, 5) is 15.0. The van der Waals surface area contributed by atoms with E-state index in [1.54, 1.807) is 12.5 Å². The van der Waals surface area contributed by atoms with Crippen molar-refractivity contribution < 1.29 is 9.90 Å². The van der Waals surface area contributed by atoms with E-state index in [0.29, 0.717) is 12.8 Å². The van der Waals surface area contributed by atoms with Gasteiger partial charge in [-0.15, -0.1) is 0 Å². The SMILES string of the molecule is O=C(O)[C@H]1Cc2ccc(Cn3ccnc3)cc2C1. The van der Waals surface area contributed by atoms with Crippen LogP contribution in [0.15, 0.2) is 36.9 Å². The molecule has 1 aromatic heterocycles. The van der Waals surface area contributed by atoms with E-state index in [1.807, 2.05) is 10.8 Å². The van der Waals surface area contributed by atoms with Gasteiger partial charge in [-0.3, -0.25) is 4.79 Å². The molecule has 0 saturated carbocycles. The predicted octanol–water partition coefficient (Wildman–Crippen LogP) is 1.73. The zero-order valence-corrected chi connectivity index (χ0v) is 9.91. The highest BCUT2D eigenvalue weighted by atomic mass is 16.4. The Morgan fingerprint density at radius 1 is 1.39 bits per heavy atom. The van der Waals surface area contributed by atoms with Crippen LogP contribution in [-0.2, 0) is 24.2 Å². The van der Waals surface area contributed by atoms with Gasteiger partial charge in [0.1, 0.15) is 0 Å². The molecule has 0 unspecified atom stereocenters. The van der Waals surface area contributed by atoms with E-state index in [1.165, 1.54) is 16.7 Å². The molecule has 0 saturated heterocycles. The Hall–Kier alpha value is -2.10. The van der Waals surface area contributed by atoms with Crippen molar-refractivity contribution >= 4 is 5.97 Å². The summed E-state index contributed by atoms with van der Waals surface area (Å²) in [7, 11) is 0. The van der Waals surface area contributed by atoms with Crippen LogP contribution in [0.4, 0.5) is 0 Å². The summed E-state index contributed by atoms with van der Waals surface area (Å²) in [5, 5.41) is 9.05. The second kappa shape index (κ2) is 4.29. The lowest BCUT2D eigenvalue weighted by Gasteiger charge is -2.05. The molecule has 1 aliphatic carbocycles. The van der Waals surface area contributed by atoms with Gasteiger partial charge in [-0.05, 0) is 29.5 Å². The molecular weight excluding hydrogens is 228 g/mol. The van der Waals surface area contributed by atoms with Crippen molar-refractivity contribution in [3.63, 3.8) is 0 Å². The third kappa shape index (κ3) is 2.01. The fourth-order valence-corrected chi connectivity index (χ4v) is 2.54. The summed E-state index contributed by atoms with van der Waals surface area (Å²) in [6.45, 7) is 0.783.